The van der Waals surface area contributed by atoms with Crippen molar-refractivity contribution >= 4 is 43.1 Å². The standard InChI is InChI=1S/C13H17BrO4S2/c14-12-7-10(9-19-12)8-18-13(15)5-6-20(16,17)11-3-1-2-4-11/h7,9,11H,1-6,8H2. The molecule has 2 rings (SSSR count). The lowest BCUT2D eigenvalue weighted by molar-refractivity contribution is -0.144. The van der Waals surface area contributed by atoms with E-state index in [0.29, 0.717) is 0 Å². The minimum atomic E-state index is -3.14. The summed E-state index contributed by atoms with van der Waals surface area (Å²) in [4.78, 5) is 11.6. The van der Waals surface area contributed by atoms with E-state index < -0.39 is 15.8 Å². The topological polar surface area (TPSA) is 60.4 Å². The molecule has 4 nitrogen and oxygen atoms in total. The van der Waals surface area contributed by atoms with Gasteiger partial charge in [-0.3, -0.25) is 4.79 Å². The molecular weight excluding hydrogens is 364 g/mol. The van der Waals surface area contributed by atoms with Crippen LogP contribution in [0.5, 0.6) is 0 Å². The summed E-state index contributed by atoms with van der Waals surface area (Å²) in [6, 6.07) is 1.88. The van der Waals surface area contributed by atoms with E-state index in [1.54, 1.807) is 0 Å². The van der Waals surface area contributed by atoms with E-state index in [-0.39, 0.29) is 24.0 Å². The summed E-state index contributed by atoms with van der Waals surface area (Å²) in [5, 5.41) is 1.65. The molecule has 0 N–H and O–H groups in total. The van der Waals surface area contributed by atoms with Crippen LogP contribution in [0.3, 0.4) is 0 Å². The Kier molecular flexibility index (Phi) is 5.63. The molecule has 0 amide bonds. The van der Waals surface area contributed by atoms with Gasteiger partial charge in [-0.05, 0) is 40.2 Å². The molecule has 1 fully saturated rings. The van der Waals surface area contributed by atoms with Gasteiger partial charge in [0.2, 0.25) is 0 Å². The first kappa shape index (κ1) is 16.0. The first-order chi connectivity index (χ1) is 9.47. The second-order valence-corrected chi connectivity index (χ2v) is 9.63. The third-order valence-corrected chi connectivity index (χ3v) is 7.24. The van der Waals surface area contributed by atoms with Gasteiger partial charge in [0.1, 0.15) is 6.61 Å². The molecule has 1 heterocycles. The molecule has 0 aliphatic heterocycles. The predicted molar refractivity (Wildman–Crippen MR) is 82.5 cm³/mol. The maximum atomic E-state index is 12.0. The third-order valence-electron chi connectivity index (χ3n) is 3.42. The molecule has 20 heavy (non-hydrogen) atoms. The normalized spacial score (nSPS) is 16.4. The van der Waals surface area contributed by atoms with Crippen molar-refractivity contribution in [2.75, 3.05) is 5.75 Å². The number of hydrogen-bond acceptors (Lipinski definition) is 5. The molecule has 1 aromatic heterocycles. The highest BCUT2D eigenvalue weighted by molar-refractivity contribution is 9.11. The van der Waals surface area contributed by atoms with Gasteiger partial charge in [-0.15, -0.1) is 11.3 Å². The van der Waals surface area contributed by atoms with Crippen molar-refractivity contribution in [2.24, 2.45) is 0 Å². The summed E-state index contributed by atoms with van der Waals surface area (Å²) >= 11 is 4.85. The quantitative estimate of drug-likeness (QED) is 0.710. The highest BCUT2D eigenvalue weighted by atomic mass is 79.9. The van der Waals surface area contributed by atoms with Gasteiger partial charge in [-0.25, -0.2) is 8.42 Å². The molecular formula is C13H17BrO4S2. The number of thiophene rings is 1. The lowest BCUT2D eigenvalue weighted by Crippen LogP contribution is -2.23. The molecule has 0 bridgehead atoms. The Morgan fingerprint density at radius 3 is 2.70 bits per heavy atom. The Labute approximate surface area is 131 Å². The van der Waals surface area contributed by atoms with Crippen molar-refractivity contribution in [3.8, 4) is 0 Å². The van der Waals surface area contributed by atoms with Crippen molar-refractivity contribution in [3.63, 3.8) is 0 Å². The number of esters is 1. The van der Waals surface area contributed by atoms with Crippen LogP contribution < -0.4 is 0 Å². The van der Waals surface area contributed by atoms with E-state index in [1.807, 2.05) is 11.4 Å². The number of carbonyl (C=O) groups is 1. The summed E-state index contributed by atoms with van der Waals surface area (Å²) in [5.74, 6) is -0.544. The van der Waals surface area contributed by atoms with Crippen LogP contribution >= 0.6 is 27.3 Å². The second kappa shape index (κ2) is 7.04. The van der Waals surface area contributed by atoms with Crippen molar-refractivity contribution in [1.29, 1.82) is 0 Å². The molecule has 1 aromatic rings. The van der Waals surface area contributed by atoms with E-state index in [4.69, 9.17) is 4.74 Å². The summed E-state index contributed by atoms with van der Waals surface area (Å²) in [5.41, 5.74) is 0.911. The van der Waals surface area contributed by atoms with Crippen LogP contribution in [-0.4, -0.2) is 25.4 Å². The summed E-state index contributed by atoms with van der Waals surface area (Å²) in [6.07, 6.45) is 3.37. The average molecular weight is 381 g/mol. The number of halogens is 1. The average Bonchev–Trinajstić information content (AvgIpc) is 3.05. The van der Waals surface area contributed by atoms with Crippen molar-refractivity contribution in [3.05, 3.63) is 20.8 Å². The maximum Gasteiger partial charge on any atom is 0.307 e. The van der Waals surface area contributed by atoms with E-state index in [2.05, 4.69) is 15.9 Å². The van der Waals surface area contributed by atoms with Gasteiger partial charge in [0.05, 0.1) is 21.2 Å². The van der Waals surface area contributed by atoms with Gasteiger partial charge in [-0.2, -0.15) is 0 Å². The molecule has 0 atom stereocenters. The SMILES string of the molecule is O=C(CCS(=O)(=O)C1CCCC1)OCc1csc(Br)c1. The minimum Gasteiger partial charge on any atom is -0.461 e. The van der Waals surface area contributed by atoms with E-state index in [9.17, 15) is 13.2 Å². The maximum absolute atomic E-state index is 12.0. The zero-order valence-corrected chi connectivity index (χ0v) is 14.2. The van der Waals surface area contributed by atoms with E-state index in [0.717, 1.165) is 35.0 Å². The van der Waals surface area contributed by atoms with E-state index >= 15 is 0 Å². The molecule has 0 spiro atoms. The van der Waals surface area contributed by atoms with Crippen LogP contribution in [0.2, 0.25) is 0 Å². The van der Waals surface area contributed by atoms with Crippen LogP contribution in [0.1, 0.15) is 37.7 Å². The number of ether oxygens (including phenoxy) is 1. The summed E-state index contributed by atoms with van der Waals surface area (Å²) in [7, 11) is -3.14. The van der Waals surface area contributed by atoms with Gasteiger partial charge < -0.3 is 4.74 Å². The van der Waals surface area contributed by atoms with Crippen molar-refractivity contribution in [2.45, 2.75) is 44.0 Å². The smallest absolute Gasteiger partial charge is 0.307 e. The van der Waals surface area contributed by atoms with Crippen molar-refractivity contribution in [1.82, 2.24) is 0 Å². The third kappa shape index (κ3) is 4.56. The first-order valence-electron chi connectivity index (χ1n) is 6.57. The fourth-order valence-electron chi connectivity index (χ4n) is 2.30. The molecule has 0 unspecified atom stereocenters. The van der Waals surface area contributed by atoms with Gasteiger partial charge in [0.25, 0.3) is 0 Å². The second-order valence-electron chi connectivity index (χ2n) is 4.94. The van der Waals surface area contributed by atoms with Gasteiger partial charge in [-0.1, -0.05) is 12.8 Å². The number of rotatable bonds is 6. The lowest BCUT2D eigenvalue weighted by atomic mass is 10.4. The van der Waals surface area contributed by atoms with Crippen LogP contribution in [0.25, 0.3) is 0 Å². The molecule has 0 aromatic carbocycles. The molecule has 0 saturated heterocycles. The molecule has 112 valence electrons. The fourth-order valence-corrected chi connectivity index (χ4v) is 5.33. The van der Waals surface area contributed by atoms with Crippen LogP contribution in [0, 0.1) is 0 Å². The Morgan fingerprint density at radius 2 is 2.10 bits per heavy atom. The lowest BCUT2D eigenvalue weighted by Gasteiger charge is -2.10. The Bertz CT molecular complexity index is 559. The minimum absolute atomic E-state index is 0.0514. The summed E-state index contributed by atoms with van der Waals surface area (Å²) < 4.78 is 30.1. The molecule has 1 saturated carbocycles. The predicted octanol–water partition coefficient (Wildman–Crippen LogP) is 3.30. The molecule has 1 aliphatic rings. The number of carbonyl (C=O) groups excluding carboxylic acids is 1. The zero-order valence-electron chi connectivity index (χ0n) is 11.0. The van der Waals surface area contributed by atoms with Gasteiger partial charge >= 0.3 is 5.97 Å². The molecule has 1 aliphatic carbocycles. The Morgan fingerprint density at radius 1 is 1.40 bits per heavy atom. The number of hydrogen-bond donors (Lipinski definition) is 0. The summed E-state index contributed by atoms with van der Waals surface area (Å²) in [6.45, 7) is 0.199. The molecule has 0 radical (unpaired) electrons. The van der Waals surface area contributed by atoms with Crippen LogP contribution in [-0.2, 0) is 26.0 Å². The zero-order chi connectivity index (χ0) is 14.6. The Balaban J connectivity index is 1.74. The Hall–Kier alpha value is -0.400. The molecule has 7 heteroatoms. The van der Waals surface area contributed by atoms with Gasteiger partial charge in [0, 0.05) is 5.56 Å². The monoisotopic (exact) mass is 380 g/mol. The highest BCUT2D eigenvalue weighted by Crippen LogP contribution is 2.25. The van der Waals surface area contributed by atoms with E-state index in [1.165, 1.54) is 11.3 Å². The van der Waals surface area contributed by atoms with Crippen LogP contribution in [0.4, 0.5) is 0 Å². The number of sulfone groups is 1. The fraction of sp³-hybridized carbons (Fsp3) is 0.615. The first-order valence-corrected chi connectivity index (χ1v) is 9.96. The van der Waals surface area contributed by atoms with Crippen LogP contribution in [0.15, 0.2) is 15.2 Å². The van der Waals surface area contributed by atoms with Gasteiger partial charge in [0.15, 0.2) is 9.84 Å². The largest absolute Gasteiger partial charge is 0.461 e. The van der Waals surface area contributed by atoms with Crippen molar-refractivity contribution < 1.29 is 17.9 Å². The highest BCUT2D eigenvalue weighted by Gasteiger charge is 2.29.